The van der Waals surface area contributed by atoms with Crippen molar-refractivity contribution in [3.63, 3.8) is 0 Å². The van der Waals surface area contributed by atoms with Gasteiger partial charge in [-0.3, -0.25) is 0 Å². The van der Waals surface area contributed by atoms with Crippen LogP contribution in [0.4, 0.5) is 0 Å². The molecule has 1 aromatic heterocycles. The van der Waals surface area contributed by atoms with Gasteiger partial charge in [0.05, 0.1) is 0 Å². The van der Waals surface area contributed by atoms with Crippen molar-refractivity contribution in [1.82, 2.24) is 5.32 Å². The molecule has 0 saturated heterocycles. The summed E-state index contributed by atoms with van der Waals surface area (Å²) < 4.78 is 5.70. The molecule has 0 spiro atoms. The van der Waals surface area contributed by atoms with E-state index in [1.165, 1.54) is 16.7 Å². The van der Waals surface area contributed by atoms with Gasteiger partial charge in [0.15, 0.2) is 0 Å². The molecule has 0 fully saturated rings. The summed E-state index contributed by atoms with van der Waals surface area (Å²) >= 11 is 0. The third-order valence-electron chi connectivity index (χ3n) is 3.78. The number of furan rings is 1. The molecule has 0 bridgehead atoms. The molecule has 108 valence electrons. The molecule has 1 N–H and O–H groups in total. The van der Waals surface area contributed by atoms with E-state index in [2.05, 4.69) is 56.4 Å². The Bertz CT molecular complexity index is 556. The van der Waals surface area contributed by atoms with Gasteiger partial charge in [-0.05, 0) is 57.4 Å². The van der Waals surface area contributed by atoms with Crippen molar-refractivity contribution in [2.24, 2.45) is 0 Å². The highest BCUT2D eigenvalue weighted by molar-refractivity contribution is 5.31. The van der Waals surface area contributed by atoms with Crippen LogP contribution in [0.25, 0.3) is 0 Å². The van der Waals surface area contributed by atoms with Crippen LogP contribution in [0.5, 0.6) is 0 Å². The van der Waals surface area contributed by atoms with E-state index >= 15 is 0 Å². The monoisotopic (exact) mass is 271 g/mol. The Hall–Kier alpha value is -1.54. The van der Waals surface area contributed by atoms with E-state index in [-0.39, 0.29) is 0 Å². The predicted octanol–water partition coefficient (Wildman–Crippen LogP) is 4.49. The van der Waals surface area contributed by atoms with Gasteiger partial charge in [0, 0.05) is 11.6 Å². The maximum atomic E-state index is 5.70. The van der Waals surface area contributed by atoms with Gasteiger partial charge in [-0.15, -0.1) is 0 Å². The van der Waals surface area contributed by atoms with Crippen LogP contribution >= 0.6 is 0 Å². The van der Waals surface area contributed by atoms with Crippen LogP contribution < -0.4 is 5.32 Å². The lowest BCUT2D eigenvalue weighted by Crippen LogP contribution is -2.24. The van der Waals surface area contributed by atoms with Crippen LogP contribution in [0.2, 0.25) is 0 Å². The van der Waals surface area contributed by atoms with E-state index in [1.54, 1.807) is 0 Å². The van der Waals surface area contributed by atoms with Crippen LogP contribution in [0, 0.1) is 20.8 Å². The summed E-state index contributed by atoms with van der Waals surface area (Å²) in [7, 11) is 0. The second-order valence-corrected chi connectivity index (χ2v) is 5.51. The molecule has 0 aliphatic rings. The minimum atomic E-state index is 0.327. The first-order valence-corrected chi connectivity index (χ1v) is 7.46. The predicted molar refractivity (Wildman–Crippen MR) is 84.1 cm³/mol. The van der Waals surface area contributed by atoms with E-state index in [0.29, 0.717) is 6.04 Å². The van der Waals surface area contributed by atoms with E-state index in [9.17, 15) is 0 Å². The van der Waals surface area contributed by atoms with Gasteiger partial charge in [-0.1, -0.05) is 31.2 Å². The maximum absolute atomic E-state index is 5.70. The molecule has 0 aliphatic heterocycles. The summed E-state index contributed by atoms with van der Waals surface area (Å²) in [6, 6.07) is 11.1. The quantitative estimate of drug-likeness (QED) is 0.837. The van der Waals surface area contributed by atoms with Crippen molar-refractivity contribution in [3.05, 3.63) is 58.5 Å². The van der Waals surface area contributed by atoms with Crippen molar-refractivity contribution in [2.45, 2.75) is 46.6 Å². The van der Waals surface area contributed by atoms with Gasteiger partial charge in [-0.2, -0.15) is 0 Å². The average Bonchev–Trinajstić information content (AvgIpc) is 2.75. The zero-order valence-electron chi connectivity index (χ0n) is 13.0. The topological polar surface area (TPSA) is 25.2 Å². The molecule has 2 rings (SSSR count). The smallest absolute Gasteiger partial charge is 0.105 e. The van der Waals surface area contributed by atoms with Gasteiger partial charge in [0.2, 0.25) is 0 Å². The fourth-order valence-electron chi connectivity index (χ4n) is 2.67. The molecule has 1 atom stereocenters. The molecule has 20 heavy (non-hydrogen) atoms. The van der Waals surface area contributed by atoms with Crippen molar-refractivity contribution in [3.8, 4) is 0 Å². The molecule has 1 unspecified atom stereocenters. The van der Waals surface area contributed by atoms with E-state index < -0.39 is 0 Å². The summed E-state index contributed by atoms with van der Waals surface area (Å²) in [5.41, 5.74) is 4.05. The van der Waals surface area contributed by atoms with Gasteiger partial charge in [-0.25, -0.2) is 0 Å². The number of benzene rings is 1. The Morgan fingerprint density at radius 2 is 1.90 bits per heavy atom. The lowest BCUT2D eigenvalue weighted by Gasteiger charge is -2.19. The molecular weight excluding hydrogens is 246 g/mol. The fourth-order valence-corrected chi connectivity index (χ4v) is 2.67. The molecule has 0 saturated carbocycles. The van der Waals surface area contributed by atoms with Gasteiger partial charge >= 0.3 is 0 Å². The summed E-state index contributed by atoms with van der Waals surface area (Å²) in [6.07, 6.45) is 2.15. The molecule has 0 amide bonds. The number of hydrogen-bond donors (Lipinski definition) is 1. The van der Waals surface area contributed by atoms with Gasteiger partial charge < -0.3 is 9.73 Å². The van der Waals surface area contributed by atoms with E-state index in [0.717, 1.165) is 30.9 Å². The lowest BCUT2D eigenvalue weighted by molar-refractivity contribution is 0.480. The first-order chi connectivity index (χ1) is 9.61. The zero-order valence-corrected chi connectivity index (χ0v) is 13.0. The van der Waals surface area contributed by atoms with Crippen molar-refractivity contribution < 1.29 is 4.42 Å². The van der Waals surface area contributed by atoms with Crippen molar-refractivity contribution in [1.29, 1.82) is 0 Å². The Labute approximate surface area is 122 Å². The summed E-state index contributed by atoms with van der Waals surface area (Å²) in [5, 5.41) is 3.66. The summed E-state index contributed by atoms with van der Waals surface area (Å²) in [4.78, 5) is 0. The normalized spacial score (nSPS) is 12.6. The highest BCUT2D eigenvalue weighted by Crippen LogP contribution is 2.25. The highest BCUT2D eigenvalue weighted by atomic mass is 16.3. The molecule has 1 aromatic carbocycles. The third-order valence-corrected chi connectivity index (χ3v) is 3.78. The second-order valence-electron chi connectivity index (χ2n) is 5.51. The maximum Gasteiger partial charge on any atom is 0.105 e. The largest absolute Gasteiger partial charge is 0.466 e. The standard InChI is InChI=1S/C18H25NO/c1-5-10-19-18(17-11-14(3)20-15(17)4)12-16-9-7-6-8-13(16)2/h6-9,11,18-19H,5,10,12H2,1-4H3. The molecular formula is C18H25NO. The molecule has 0 radical (unpaired) electrons. The summed E-state index contributed by atoms with van der Waals surface area (Å²) in [6.45, 7) is 9.48. The van der Waals surface area contributed by atoms with Crippen LogP contribution in [-0.2, 0) is 6.42 Å². The van der Waals surface area contributed by atoms with E-state index in [1.807, 2.05) is 6.92 Å². The molecule has 2 aromatic rings. The highest BCUT2D eigenvalue weighted by Gasteiger charge is 2.17. The van der Waals surface area contributed by atoms with Crippen LogP contribution in [0.15, 0.2) is 34.7 Å². The van der Waals surface area contributed by atoms with Crippen LogP contribution in [0.3, 0.4) is 0 Å². The minimum Gasteiger partial charge on any atom is -0.466 e. The number of nitrogens with one attached hydrogen (secondary N) is 1. The summed E-state index contributed by atoms with van der Waals surface area (Å²) in [5.74, 6) is 2.02. The SMILES string of the molecule is CCCNC(Cc1ccccc1C)c1cc(C)oc1C. The first kappa shape index (κ1) is 14.9. The third kappa shape index (κ3) is 3.51. The first-order valence-electron chi connectivity index (χ1n) is 7.46. The minimum absolute atomic E-state index is 0.327. The fraction of sp³-hybridized carbons (Fsp3) is 0.444. The Kier molecular flexibility index (Phi) is 5.02. The average molecular weight is 271 g/mol. The molecule has 1 heterocycles. The number of aryl methyl sites for hydroxylation is 3. The molecule has 2 heteroatoms. The second kappa shape index (κ2) is 6.76. The van der Waals surface area contributed by atoms with Crippen molar-refractivity contribution in [2.75, 3.05) is 6.54 Å². The Morgan fingerprint density at radius 1 is 1.15 bits per heavy atom. The Morgan fingerprint density at radius 3 is 2.50 bits per heavy atom. The number of hydrogen-bond acceptors (Lipinski definition) is 2. The molecule has 2 nitrogen and oxygen atoms in total. The van der Waals surface area contributed by atoms with E-state index in [4.69, 9.17) is 4.42 Å². The molecule has 0 aliphatic carbocycles. The zero-order chi connectivity index (χ0) is 14.5. The Balaban J connectivity index is 2.24. The number of rotatable bonds is 6. The van der Waals surface area contributed by atoms with Crippen LogP contribution in [-0.4, -0.2) is 6.54 Å². The lowest BCUT2D eigenvalue weighted by atomic mass is 9.96. The van der Waals surface area contributed by atoms with Crippen molar-refractivity contribution >= 4 is 0 Å². The van der Waals surface area contributed by atoms with Gasteiger partial charge in [0.25, 0.3) is 0 Å². The van der Waals surface area contributed by atoms with Gasteiger partial charge in [0.1, 0.15) is 11.5 Å². The van der Waals surface area contributed by atoms with Crippen LogP contribution in [0.1, 0.15) is 47.6 Å².